The zero-order valence-electron chi connectivity index (χ0n) is 16.1. The Labute approximate surface area is 172 Å². The topological polar surface area (TPSA) is 49.0 Å². The van der Waals surface area contributed by atoms with Crippen LogP contribution in [0.25, 0.3) is 11.0 Å². The summed E-state index contributed by atoms with van der Waals surface area (Å²) in [7, 11) is 3.88. The normalized spacial score (nSPS) is 11.0. The minimum atomic E-state index is -0.250. The van der Waals surface area contributed by atoms with Crippen LogP contribution in [0.5, 0.6) is 0 Å². The first kappa shape index (κ1) is 19.2. The lowest BCUT2D eigenvalue weighted by atomic mass is 10.0. The van der Waals surface area contributed by atoms with Crippen LogP contribution in [0.15, 0.2) is 71.9 Å². The van der Waals surface area contributed by atoms with Gasteiger partial charge in [-0.1, -0.05) is 42.1 Å². The number of ketones is 1. The number of rotatable bonds is 6. The number of H-pyrrole nitrogens is 1. The van der Waals surface area contributed by atoms with E-state index in [1.165, 1.54) is 17.8 Å². The molecule has 0 saturated heterocycles. The predicted octanol–water partition coefficient (Wildman–Crippen LogP) is 5.29. The highest BCUT2D eigenvalue weighted by molar-refractivity contribution is 7.98. The summed E-state index contributed by atoms with van der Waals surface area (Å²) in [6.45, 7) is 0. The zero-order chi connectivity index (χ0) is 20.4. The molecular weight excluding hydrogens is 385 g/mol. The van der Waals surface area contributed by atoms with E-state index < -0.39 is 0 Å². The first-order chi connectivity index (χ1) is 14.0. The Balaban J connectivity index is 1.56. The van der Waals surface area contributed by atoms with Gasteiger partial charge in [0.1, 0.15) is 5.82 Å². The molecule has 0 fully saturated rings. The van der Waals surface area contributed by atoms with Crippen molar-refractivity contribution in [3.8, 4) is 0 Å². The molecule has 6 heteroatoms. The number of aromatic amines is 1. The summed E-state index contributed by atoms with van der Waals surface area (Å²) in [5.74, 6) is 0.313. The third-order valence-corrected chi connectivity index (χ3v) is 5.57. The number of nitrogens with zero attached hydrogens (tertiary/aromatic N) is 2. The minimum absolute atomic E-state index is 0.0216. The number of hydrogen-bond donors (Lipinski definition) is 1. The molecule has 0 saturated carbocycles. The molecule has 4 nitrogen and oxygen atoms in total. The van der Waals surface area contributed by atoms with Crippen molar-refractivity contribution in [1.29, 1.82) is 0 Å². The third kappa shape index (κ3) is 4.17. The number of anilines is 1. The second-order valence-corrected chi connectivity index (χ2v) is 7.89. The lowest BCUT2D eigenvalue weighted by Gasteiger charge is -2.17. The summed E-state index contributed by atoms with van der Waals surface area (Å²) in [5, 5.41) is 0.735. The molecule has 0 unspecified atom stereocenters. The fourth-order valence-electron chi connectivity index (χ4n) is 3.20. The van der Waals surface area contributed by atoms with Gasteiger partial charge in [-0.05, 0) is 42.0 Å². The van der Waals surface area contributed by atoms with Crippen molar-refractivity contribution >= 4 is 34.3 Å². The molecule has 0 radical (unpaired) electrons. The molecule has 1 N–H and O–H groups in total. The number of aromatic nitrogens is 2. The quantitative estimate of drug-likeness (QED) is 0.350. The maximum atomic E-state index is 13.7. The van der Waals surface area contributed by atoms with Gasteiger partial charge in [-0.3, -0.25) is 4.79 Å². The SMILES string of the molecule is CN(C)c1ccc(F)cc1CSc1nc2ccc(C(=O)c3ccccc3)cc2[nH]1. The molecule has 4 rings (SSSR count). The molecule has 1 heterocycles. The summed E-state index contributed by atoms with van der Waals surface area (Å²) in [5.41, 5.74) is 4.75. The number of benzene rings is 3. The number of halogens is 1. The fourth-order valence-corrected chi connectivity index (χ4v) is 4.07. The van der Waals surface area contributed by atoms with Crippen molar-refractivity contribution in [2.45, 2.75) is 10.9 Å². The Morgan fingerprint density at radius 1 is 1.03 bits per heavy atom. The first-order valence-corrected chi connectivity index (χ1v) is 10.2. The van der Waals surface area contributed by atoms with Crippen LogP contribution < -0.4 is 4.90 Å². The number of carbonyl (C=O) groups excluding carboxylic acids is 1. The van der Waals surface area contributed by atoms with E-state index in [0.29, 0.717) is 16.9 Å². The van der Waals surface area contributed by atoms with E-state index in [4.69, 9.17) is 0 Å². The van der Waals surface area contributed by atoms with Gasteiger partial charge in [0.25, 0.3) is 0 Å². The van der Waals surface area contributed by atoms with Crippen molar-refractivity contribution in [1.82, 2.24) is 9.97 Å². The van der Waals surface area contributed by atoms with Gasteiger partial charge in [0.2, 0.25) is 0 Å². The van der Waals surface area contributed by atoms with Gasteiger partial charge >= 0.3 is 0 Å². The molecule has 0 atom stereocenters. The van der Waals surface area contributed by atoms with Crippen molar-refractivity contribution in [2.75, 3.05) is 19.0 Å². The number of imidazole rings is 1. The number of carbonyl (C=O) groups is 1. The molecule has 3 aromatic carbocycles. The van der Waals surface area contributed by atoms with Crippen LogP contribution in [0, 0.1) is 5.82 Å². The highest BCUT2D eigenvalue weighted by Crippen LogP contribution is 2.29. The van der Waals surface area contributed by atoms with Crippen LogP contribution in [0.1, 0.15) is 21.5 Å². The van der Waals surface area contributed by atoms with Crippen LogP contribution in [-0.2, 0) is 5.75 Å². The van der Waals surface area contributed by atoms with Crippen LogP contribution in [-0.4, -0.2) is 29.8 Å². The van der Waals surface area contributed by atoms with Crippen LogP contribution in [0.3, 0.4) is 0 Å². The monoisotopic (exact) mass is 405 g/mol. The summed E-state index contributed by atoms with van der Waals surface area (Å²) < 4.78 is 13.7. The summed E-state index contributed by atoms with van der Waals surface area (Å²) in [6, 6.07) is 19.5. The molecule has 0 amide bonds. The Bertz CT molecular complexity index is 1170. The fraction of sp³-hybridized carbons (Fsp3) is 0.130. The number of thioether (sulfide) groups is 1. The molecule has 0 aliphatic heterocycles. The average molecular weight is 405 g/mol. The van der Waals surface area contributed by atoms with Gasteiger partial charge in [0, 0.05) is 36.7 Å². The van der Waals surface area contributed by atoms with Gasteiger partial charge in [-0.25, -0.2) is 9.37 Å². The average Bonchev–Trinajstić information content (AvgIpc) is 3.14. The largest absolute Gasteiger partial charge is 0.377 e. The standard InChI is InChI=1S/C23H20FN3OS/c1-27(2)21-11-9-18(24)12-17(21)14-29-23-25-19-10-8-16(13-20(19)26-23)22(28)15-6-4-3-5-7-15/h3-13H,14H2,1-2H3,(H,25,26). The van der Waals surface area contributed by atoms with Gasteiger partial charge < -0.3 is 9.88 Å². The Morgan fingerprint density at radius 2 is 1.83 bits per heavy atom. The highest BCUT2D eigenvalue weighted by atomic mass is 32.2. The Hall–Kier alpha value is -3.12. The van der Waals surface area contributed by atoms with Crippen LogP contribution in [0.4, 0.5) is 10.1 Å². The number of fused-ring (bicyclic) bond motifs is 1. The van der Waals surface area contributed by atoms with Crippen LogP contribution in [0.2, 0.25) is 0 Å². The molecule has 4 aromatic rings. The Morgan fingerprint density at radius 3 is 2.59 bits per heavy atom. The lowest BCUT2D eigenvalue weighted by molar-refractivity contribution is 0.103. The molecule has 0 bridgehead atoms. The Kier molecular flexibility index (Phi) is 5.36. The van der Waals surface area contributed by atoms with Crippen LogP contribution >= 0.6 is 11.8 Å². The van der Waals surface area contributed by atoms with E-state index >= 15 is 0 Å². The van der Waals surface area contributed by atoms with E-state index in [-0.39, 0.29) is 11.6 Å². The zero-order valence-corrected chi connectivity index (χ0v) is 17.0. The number of hydrogen-bond acceptors (Lipinski definition) is 4. The summed E-state index contributed by atoms with van der Waals surface area (Å²) in [6.07, 6.45) is 0. The summed E-state index contributed by atoms with van der Waals surface area (Å²) in [4.78, 5) is 22.5. The van der Waals surface area contributed by atoms with E-state index in [9.17, 15) is 9.18 Å². The van der Waals surface area contributed by atoms with Gasteiger partial charge in [-0.2, -0.15) is 0 Å². The minimum Gasteiger partial charge on any atom is -0.377 e. The maximum absolute atomic E-state index is 13.7. The van der Waals surface area contributed by atoms with E-state index in [1.807, 2.05) is 61.5 Å². The second-order valence-electron chi connectivity index (χ2n) is 6.93. The highest BCUT2D eigenvalue weighted by Gasteiger charge is 2.12. The molecule has 146 valence electrons. The van der Waals surface area contributed by atoms with Crippen molar-refractivity contribution in [3.63, 3.8) is 0 Å². The second kappa shape index (κ2) is 8.09. The third-order valence-electron chi connectivity index (χ3n) is 4.65. The van der Waals surface area contributed by atoms with Crippen molar-refractivity contribution < 1.29 is 9.18 Å². The van der Waals surface area contributed by atoms with E-state index in [2.05, 4.69) is 9.97 Å². The molecule has 1 aromatic heterocycles. The van der Waals surface area contributed by atoms with E-state index in [1.54, 1.807) is 18.2 Å². The van der Waals surface area contributed by atoms with Crippen molar-refractivity contribution in [3.05, 3.63) is 89.2 Å². The van der Waals surface area contributed by atoms with Crippen molar-refractivity contribution in [2.24, 2.45) is 0 Å². The molecule has 0 aliphatic carbocycles. The molecule has 0 aliphatic rings. The first-order valence-electron chi connectivity index (χ1n) is 9.19. The van der Waals surface area contributed by atoms with Gasteiger partial charge in [-0.15, -0.1) is 0 Å². The molecule has 0 spiro atoms. The van der Waals surface area contributed by atoms with Gasteiger partial charge in [0.15, 0.2) is 10.9 Å². The molecule has 29 heavy (non-hydrogen) atoms. The van der Waals surface area contributed by atoms with Gasteiger partial charge in [0.05, 0.1) is 11.0 Å². The lowest BCUT2D eigenvalue weighted by Crippen LogP contribution is -2.11. The maximum Gasteiger partial charge on any atom is 0.193 e. The predicted molar refractivity (Wildman–Crippen MR) is 116 cm³/mol. The van der Waals surface area contributed by atoms with E-state index in [0.717, 1.165) is 27.4 Å². The number of nitrogens with one attached hydrogen (secondary N) is 1. The summed E-state index contributed by atoms with van der Waals surface area (Å²) >= 11 is 1.51. The smallest absolute Gasteiger partial charge is 0.193 e. The molecular formula is C23H20FN3OS.